The topological polar surface area (TPSA) is 200 Å². The molecule has 0 bridgehead atoms. The molecule has 56 heavy (non-hydrogen) atoms. The summed E-state index contributed by atoms with van der Waals surface area (Å²) in [5.41, 5.74) is 0.199. The molecule has 4 heterocycles. The van der Waals surface area contributed by atoms with Crippen LogP contribution >= 0.6 is 0 Å². The van der Waals surface area contributed by atoms with Gasteiger partial charge in [-0.2, -0.15) is 5.10 Å². The standard InChI is InChI=1S/C38H51N7O11/c1-3-53-37(51)56-43-19-17-42(18-20-43)36(50)28(14-15-33(47)55-25-38(2)23-52-24-38)40-34(48)29-21-32(45(41-29)27-11-5-4-6-12-27)54-22-31(46)44-16-8-13-30(44)35(49)39-26-9-7-10-26/h4-6,11-12,21,26,28,30H,3,7-10,13-20,22-25H2,1-2H3,(H,39,49)(H,40,48)/t28-,30-/m0/s1. The predicted octanol–water partition coefficient (Wildman–Crippen LogP) is 1.60. The number of carbonyl (C=O) groups is 6. The van der Waals surface area contributed by atoms with Crippen molar-refractivity contribution in [2.45, 2.75) is 76.9 Å². The Morgan fingerprint density at radius 1 is 0.964 bits per heavy atom. The minimum Gasteiger partial charge on any atom is -0.467 e. The highest BCUT2D eigenvalue weighted by Crippen LogP contribution is 2.27. The molecule has 4 amide bonds. The summed E-state index contributed by atoms with van der Waals surface area (Å²) in [6.07, 6.45) is 3.18. The van der Waals surface area contributed by atoms with Crippen molar-refractivity contribution in [2.75, 3.05) is 65.8 Å². The lowest BCUT2D eigenvalue weighted by molar-refractivity contribution is -0.165. The lowest BCUT2D eigenvalue weighted by Gasteiger charge is -2.37. The van der Waals surface area contributed by atoms with E-state index in [1.54, 1.807) is 31.2 Å². The fraction of sp³-hybridized carbons (Fsp3) is 0.605. The summed E-state index contributed by atoms with van der Waals surface area (Å²) in [5.74, 6) is -2.09. The third-order valence-corrected chi connectivity index (χ3v) is 10.3. The zero-order chi connectivity index (χ0) is 39.7. The second-order valence-electron chi connectivity index (χ2n) is 14.8. The van der Waals surface area contributed by atoms with Crippen LogP contribution in [0.1, 0.15) is 69.3 Å². The van der Waals surface area contributed by atoms with Gasteiger partial charge in [0, 0.05) is 43.6 Å². The molecule has 304 valence electrons. The molecule has 2 N–H and O–H groups in total. The van der Waals surface area contributed by atoms with Crippen LogP contribution in [0.2, 0.25) is 0 Å². The molecule has 18 heteroatoms. The monoisotopic (exact) mass is 781 g/mol. The molecule has 1 aromatic heterocycles. The molecule has 3 saturated heterocycles. The van der Waals surface area contributed by atoms with E-state index in [0.717, 1.165) is 19.3 Å². The lowest BCUT2D eigenvalue weighted by atomic mass is 9.90. The number of para-hydroxylation sites is 1. The minimum atomic E-state index is -1.14. The van der Waals surface area contributed by atoms with Gasteiger partial charge in [-0.15, -0.1) is 5.06 Å². The van der Waals surface area contributed by atoms with Crippen LogP contribution in [0.5, 0.6) is 5.88 Å². The Morgan fingerprint density at radius 2 is 1.71 bits per heavy atom. The Morgan fingerprint density at radius 3 is 2.38 bits per heavy atom. The molecule has 2 aromatic rings. The SMILES string of the molecule is CCOC(=O)ON1CCN(C(=O)[C@H](CCC(=O)OCC2(C)COC2)NC(=O)c2cc(OCC(=O)N3CCC[C@H]3C(=O)NC3CCC3)n(-c3ccccc3)n2)CC1. The number of hydroxylamine groups is 2. The molecule has 4 fully saturated rings. The van der Waals surface area contributed by atoms with Crippen LogP contribution in [0.15, 0.2) is 36.4 Å². The van der Waals surface area contributed by atoms with Crippen molar-refractivity contribution in [3.05, 3.63) is 42.1 Å². The largest absolute Gasteiger partial charge is 0.527 e. The van der Waals surface area contributed by atoms with Gasteiger partial charge in [0.1, 0.15) is 18.7 Å². The number of nitrogens with one attached hydrogen (secondary N) is 2. The highest BCUT2D eigenvalue weighted by atomic mass is 16.8. The van der Waals surface area contributed by atoms with Gasteiger partial charge >= 0.3 is 12.1 Å². The molecule has 1 aromatic carbocycles. The van der Waals surface area contributed by atoms with Crippen molar-refractivity contribution < 1.29 is 52.6 Å². The summed E-state index contributed by atoms with van der Waals surface area (Å²) in [7, 11) is 0. The van der Waals surface area contributed by atoms with E-state index in [1.165, 1.54) is 25.6 Å². The van der Waals surface area contributed by atoms with E-state index in [-0.39, 0.29) is 87.1 Å². The number of hydrogen-bond donors (Lipinski definition) is 2. The maximum Gasteiger partial charge on any atom is 0.527 e. The smallest absolute Gasteiger partial charge is 0.467 e. The average molecular weight is 782 g/mol. The van der Waals surface area contributed by atoms with Crippen LogP contribution < -0.4 is 15.4 Å². The molecule has 0 unspecified atom stereocenters. The highest BCUT2D eigenvalue weighted by Gasteiger charge is 2.37. The van der Waals surface area contributed by atoms with Crippen molar-refractivity contribution in [3.63, 3.8) is 0 Å². The number of benzene rings is 1. The minimum absolute atomic E-state index is 0.0568. The lowest BCUT2D eigenvalue weighted by Crippen LogP contribution is -2.55. The highest BCUT2D eigenvalue weighted by molar-refractivity contribution is 5.96. The Kier molecular flexibility index (Phi) is 13.4. The van der Waals surface area contributed by atoms with Crippen LogP contribution in [0.4, 0.5) is 4.79 Å². The van der Waals surface area contributed by atoms with Crippen LogP contribution in [0.3, 0.4) is 0 Å². The van der Waals surface area contributed by atoms with E-state index in [0.29, 0.717) is 38.3 Å². The first-order valence-electron chi connectivity index (χ1n) is 19.3. The van der Waals surface area contributed by atoms with E-state index < -0.39 is 42.6 Å². The summed E-state index contributed by atoms with van der Waals surface area (Å²) >= 11 is 0. The van der Waals surface area contributed by atoms with E-state index in [4.69, 9.17) is 23.8 Å². The molecule has 0 radical (unpaired) electrons. The van der Waals surface area contributed by atoms with E-state index >= 15 is 0 Å². The zero-order valence-electron chi connectivity index (χ0n) is 31.9. The van der Waals surface area contributed by atoms with Gasteiger partial charge in [-0.1, -0.05) is 25.1 Å². The quantitative estimate of drug-likeness (QED) is 0.233. The first-order chi connectivity index (χ1) is 27.0. The summed E-state index contributed by atoms with van der Waals surface area (Å²) in [5, 5.41) is 11.7. The normalized spacial score (nSPS) is 19.9. The summed E-state index contributed by atoms with van der Waals surface area (Å²) in [6.45, 7) is 5.71. The number of nitrogens with zero attached hydrogens (tertiary/aromatic N) is 5. The van der Waals surface area contributed by atoms with Crippen molar-refractivity contribution in [1.82, 2.24) is 35.3 Å². The Balaban J connectivity index is 1.13. The Bertz CT molecular complexity index is 1720. The molecule has 6 rings (SSSR count). The summed E-state index contributed by atoms with van der Waals surface area (Å²) in [6, 6.07) is 8.72. The molecule has 3 aliphatic heterocycles. The second-order valence-corrected chi connectivity index (χ2v) is 14.8. The van der Waals surface area contributed by atoms with Crippen LogP contribution in [-0.2, 0) is 38.2 Å². The van der Waals surface area contributed by atoms with Gasteiger partial charge in [0.05, 0.1) is 38.6 Å². The zero-order valence-corrected chi connectivity index (χ0v) is 31.9. The molecular formula is C38H51N7O11. The molecule has 0 spiro atoms. The molecular weight excluding hydrogens is 730 g/mol. The molecule has 2 atom stereocenters. The van der Waals surface area contributed by atoms with Gasteiger partial charge in [-0.05, 0) is 57.6 Å². The van der Waals surface area contributed by atoms with Gasteiger partial charge in [-0.25, -0.2) is 9.48 Å². The number of piperazine rings is 1. The maximum absolute atomic E-state index is 13.9. The summed E-state index contributed by atoms with van der Waals surface area (Å²) in [4.78, 5) is 86.9. The number of hydrogen-bond acceptors (Lipinski definition) is 13. The van der Waals surface area contributed by atoms with Crippen molar-refractivity contribution in [2.24, 2.45) is 5.41 Å². The first kappa shape index (κ1) is 40.4. The number of carbonyl (C=O) groups excluding carboxylic acids is 6. The van der Waals surface area contributed by atoms with Gasteiger partial charge in [0.2, 0.25) is 17.7 Å². The van der Waals surface area contributed by atoms with E-state index in [2.05, 4.69) is 15.7 Å². The van der Waals surface area contributed by atoms with Crippen molar-refractivity contribution in [3.8, 4) is 11.6 Å². The van der Waals surface area contributed by atoms with Gasteiger partial charge in [0.15, 0.2) is 12.3 Å². The van der Waals surface area contributed by atoms with E-state index in [1.807, 2.05) is 13.0 Å². The Hall–Kier alpha value is -5.23. The summed E-state index contributed by atoms with van der Waals surface area (Å²) < 4.78 is 22.9. The van der Waals surface area contributed by atoms with Crippen molar-refractivity contribution >= 4 is 35.8 Å². The molecule has 18 nitrogen and oxygen atoms in total. The number of esters is 1. The second kappa shape index (κ2) is 18.6. The number of amides is 4. The number of likely N-dealkylation sites (tertiary alicyclic amines) is 1. The third kappa shape index (κ3) is 10.3. The number of aromatic nitrogens is 2. The predicted molar refractivity (Wildman–Crippen MR) is 196 cm³/mol. The first-order valence-corrected chi connectivity index (χ1v) is 19.3. The Labute approximate surface area is 325 Å². The van der Waals surface area contributed by atoms with Gasteiger partial charge in [-0.3, -0.25) is 24.0 Å². The maximum atomic E-state index is 13.9. The fourth-order valence-corrected chi connectivity index (χ4v) is 6.82. The fourth-order valence-electron chi connectivity index (χ4n) is 6.82. The van der Waals surface area contributed by atoms with Crippen LogP contribution in [-0.4, -0.2) is 144 Å². The van der Waals surface area contributed by atoms with E-state index in [9.17, 15) is 28.8 Å². The van der Waals surface area contributed by atoms with Crippen LogP contribution in [0.25, 0.3) is 5.69 Å². The molecule has 4 aliphatic rings. The molecule has 1 aliphatic carbocycles. The van der Waals surface area contributed by atoms with Gasteiger partial charge in [0.25, 0.3) is 11.8 Å². The molecule has 1 saturated carbocycles. The number of ether oxygens (including phenoxy) is 4. The van der Waals surface area contributed by atoms with Gasteiger partial charge < -0.3 is 44.2 Å². The van der Waals surface area contributed by atoms with Crippen LogP contribution in [0, 0.1) is 5.41 Å². The average Bonchev–Trinajstić information content (AvgIpc) is 3.84. The number of rotatable bonds is 16. The third-order valence-electron chi connectivity index (χ3n) is 10.3. The van der Waals surface area contributed by atoms with Crippen molar-refractivity contribution in [1.29, 1.82) is 0 Å².